The predicted molar refractivity (Wildman–Crippen MR) is 175 cm³/mol. The first kappa shape index (κ1) is 42.8. The molecular formula is C33H45ClN2O15. The van der Waals surface area contributed by atoms with Crippen molar-refractivity contribution in [3.63, 3.8) is 0 Å². The number of rotatable bonds is 19. The van der Waals surface area contributed by atoms with E-state index in [-0.39, 0.29) is 19.6 Å². The number of halogens is 1. The number of hydrogen-bond donors (Lipinski definition) is 3. The molecule has 6 atom stereocenters. The third-order valence-electron chi connectivity index (χ3n) is 7.32. The highest BCUT2D eigenvalue weighted by molar-refractivity contribution is 6.30. The lowest BCUT2D eigenvalue weighted by atomic mass is 9.87. The van der Waals surface area contributed by atoms with Crippen molar-refractivity contribution in [1.29, 1.82) is 0 Å². The van der Waals surface area contributed by atoms with Crippen LogP contribution in [0.1, 0.15) is 58.9 Å². The first-order valence-corrected chi connectivity index (χ1v) is 16.4. The number of aliphatic hydroxyl groups is 1. The lowest BCUT2D eigenvalue weighted by Crippen LogP contribution is -2.70. The van der Waals surface area contributed by atoms with Crippen LogP contribution in [-0.2, 0) is 73.1 Å². The minimum Gasteiger partial charge on any atom is -0.465 e. The third kappa shape index (κ3) is 14.4. The molecule has 284 valence electrons. The van der Waals surface area contributed by atoms with E-state index >= 15 is 0 Å². The Morgan fingerprint density at radius 2 is 1.59 bits per heavy atom. The van der Waals surface area contributed by atoms with Crippen LogP contribution in [0, 0.1) is 0 Å². The van der Waals surface area contributed by atoms with E-state index in [1.165, 1.54) is 0 Å². The predicted octanol–water partition coefficient (Wildman–Crippen LogP) is 0.679. The Bertz CT molecular complexity index is 1370. The van der Waals surface area contributed by atoms with Gasteiger partial charge in [-0.05, 0) is 37.0 Å². The van der Waals surface area contributed by atoms with E-state index in [9.17, 15) is 33.6 Å². The molecular weight excluding hydrogens is 700 g/mol. The van der Waals surface area contributed by atoms with Crippen molar-refractivity contribution in [3.05, 3.63) is 34.9 Å². The molecule has 0 spiro atoms. The van der Waals surface area contributed by atoms with Gasteiger partial charge in [0.25, 0.3) is 11.7 Å². The van der Waals surface area contributed by atoms with Gasteiger partial charge < -0.3 is 48.9 Å². The number of nitrogens with one attached hydrogen (secondary N) is 2. The van der Waals surface area contributed by atoms with Crippen LogP contribution in [0.5, 0.6) is 0 Å². The lowest BCUT2D eigenvalue weighted by molar-refractivity contribution is -0.313. The molecule has 1 aromatic rings. The largest absolute Gasteiger partial charge is 0.465 e. The van der Waals surface area contributed by atoms with Crippen LogP contribution in [0.2, 0.25) is 5.02 Å². The van der Waals surface area contributed by atoms with E-state index in [0.29, 0.717) is 29.8 Å². The fourth-order valence-corrected chi connectivity index (χ4v) is 5.36. The smallest absolute Gasteiger partial charge is 0.366 e. The van der Waals surface area contributed by atoms with E-state index in [1.54, 1.807) is 24.3 Å². The van der Waals surface area contributed by atoms with Crippen LogP contribution in [0.3, 0.4) is 0 Å². The van der Waals surface area contributed by atoms with Crippen molar-refractivity contribution < 1.29 is 71.8 Å². The van der Waals surface area contributed by atoms with Crippen LogP contribution >= 0.6 is 11.6 Å². The van der Waals surface area contributed by atoms with Crippen LogP contribution in [0.25, 0.3) is 0 Å². The number of hydrogen-bond acceptors (Lipinski definition) is 15. The van der Waals surface area contributed by atoms with Gasteiger partial charge in [-0.1, -0.05) is 23.7 Å². The molecule has 2 unspecified atom stereocenters. The molecule has 51 heavy (non-hydrogen) atoms. The molecule has 1 aromatic carbocycles. The van der Waals surface area contributed by atoms with Gasteiger partial charge in [0, 0.05) is 39.3 Å². The molecule has 0 aliphatic carbocycles. The number of esters is 5. The molecule has 1 heterocycles. The molecule has 2 amide bonds. The van der Waals surface area contributed by atoms with E-state index in [0.717, 1.165) is 34.8 Å². The average Bonchev–Trinajstić information content (AvgIpc) is 3.05. The maximum absolute atomic E-state index is 13.4. The SMILES string of the molecule is COC(=O)[C@@]1(OCCCCCO)C[C@H](OC(C)=O)C(NC(=O)COC(C)=O)C([C@H](OC(C)=O)[C@@H](CNC(=O)Cc2ccc(Cl)cc2)OC(C)=O)O1. The number of methoxy groups -OCH3 is 1. The summed E-state index contributed by atoms with van der Waals surface area (Å²) in [5, 5.41) is 14.8. The fraction of sp³-hybridized carbons (Fsp3) is 0.606. The fourth-order valence-electron chi connectivity index (χ4n) is 5.23. The third-order valence-corrected chi connectivity index (χ3v) is 7.58. The number of amides is 2. The summed E-state index contributed by atoms with van der Waals surface area (Å²) in [6.07, 6.45) is -5.80. The number of ether oxygens (including phenoxy) is 7. The molecule has 1 aliphatic rings. The van der Waals surface area contributed by atoms with Gasteiger partial charge in [0.2, 0.25) is 5.91 Å². The van der Waals surface area contributed by atoms with Crippen molar-refractivity contribution in [2.45, 2.75) is 96.0 Å². The second kappa shape index (κ2) is 21.1. The molecule has 1 fully saturated rings. The van der Waals surface area contributed by atoms with E-state index < -0.39 is 97.5 Å². The highest BCUT2D eigenvalue weighted by Gasteiger charge is 2.59. The summed E-state index contributed by atoms with van der Waals surface area (Å²) in [4.78, 5) is 88.2. The zero-order chi connectivity index (χ0) is 38.1. The van der Waals surface area contributed by atoms with Crippen molar-refractivity contribution in [2.75, 3.05) is 33.5 Å². The van der Waals surface area contributed by atoms with E-state index in [1.807, 2.05) is 0 Å². The Morgan fingerprint density at radius 1 is 0.922 bits per heavy atom. The molecule has 18 heteroatoms. The summed E-state index contributed by atoms with van der Waals surface area (Å²) in [6, 6.07) is 5.00. The number of carbonyl (C=O) groups excluding carboxylic acids is 7. The van der Waals surface area contributed by atoms with Gasteiger partial charge in [0.05, 0.1) is 39.1 Å². The van der Waals surface area contributed by atoms with Gasteiger partial charge in [0.1, 0.15) is 12.2 Å². The van der Waals surface area contributed by atoms with Gasteiger partial charge in [-0.3, -0.25) is 28.8 Å². The maximum Gasteiger partial charge on any atom is 0.366 e. The maximum atomic E-state index is 13.4. The summed E-state index contributed by atoms with van der Waals surface area (Å²) in [5.74, 6) is -8.28. The quantitative estimate of drug-likeness (QED) is 0.101. The average molecular weight is 745 g/mol. The van der Waals surface area contributed by atoms with Gasteiger partial charge >= 0.3 is 29.8 Å². The van der Waals surface area contributed by atoms with Gasteiger partial charge in [-0.25, -0.2) is 4.79 Å². The highest BCUT2D eigenvalue weighted by atomic mass is 35.5. The molecule has 0 bridgehead atoms. The molecule has 0 saturated carbocycles. The summed E-state index contributed by atoms with van der Waals surface area (Å²) >= 11 is 5.93. The number of benzene rings is 1. The van der Waals surface area contributed by atoms with Gasteiger partial charge in [-0.2, -0.15) is 0 Å². The van der Waals surface area contributed by atoms with E-state index in [4.69, 9.17) is 49.9 Å². The zero-order valence-corrected chi connectivity index (χ0v) is 29.9. The minimum atomic E-state index is -2.34. The monoisotopic (exact) mass is 744 g/mol. The van der Waals surface area contributed by atoms with Crippen LogP contribution in [-0.4, -0.2) is 116 Å². The molecule has 17 nitrogen and oxygen atoms in total. The first-order chi connectivity index (χ1) is 24.1. The Kier molecular flexibility index (Phi) is 17.8. The molecule has 0 radical (unpaired) electrons. The first-order valence-electron chi connectivity index (χ1n) is 16.1. The van der Waals surface area contributed by atoms with Crippen molar-refractivity contribution in [1.82, 2.24) is 10.6 Å². The standard InChI is InChI=1S/C33H45ClN2O15/c1-19(38)46-18-28(43)36-29-25(48-20(2)39)16-33(32(44)45-5,47-14-8-6-7-13-37)51-31(29)30(50-22(4)41)26(49-21(3)40)17-35-27(42)15-23-9-11-24(34)12-10-23/h9-12,25-26,29-31,37H,6-8,13-18H2,1-5H3,(H,35,42)(H,36,43)/t25-,26+,29?,30+,31?,33+/m0/s1. The minimum absolute atomic E-state index is 0.0815. The summed E-state index contributed by atoms with van der Waals surface area (Å²) in [5.41, 5.74) is 0.604. The molecule has 1 aliphatic heterocycles. The van der Waals surface area contributed by atoms with Crippen molar-refractivity contribution in [2.24, 2.45) is 0 Å². The summed E-state index contributed by atoms with van der Waals surface area (Å²) < 4.78 is 38.7. The Hall–Kier alpha value is -4.32. The van der Waals surface area contributed by atoms with Gasteiger partial charge in [0.15, 0.2) is 18.8 Å². The molecule has 2 rings (SSSR count). The summed E-state index contributed by atoms with van der Waals surface area (Å²) in [7, 11) is 1.05. The second-order valence-corrected chi connectivity index (χ2v) is 12.0. The number of aliphatic hydroxyl groups excluding tert-OH is 1. The Labute approximate surface area is 299 Å². The van der Waals surface area contributed by atoms with E-state index in [2.05, 4.69) is 10.6 Å². The van der Waals surface area contributed by atoms with Crippen molar-refractivity contribution >= 4 is 53.3 Å². The molecule has 0 aromatic heterocycles. The molecule has 3 N–H and O–H groups in total. The van der Waals surface area contributed by atoms with Gasteiger partial charge in [-0.15, -0.1) is 0 Å². The van der Waals surface area contributed by atoms with Crippen LogP contribution < -0.4 is 10.6 Å². The normalized spacial score (nSPS) is 20.9. The summed E-state index contributed by atoms with van der Waals surface area (Å²) in [6.45, 7) is 2.79. The number of unbranched alkanes of at least 4 members (excludes halogenated alkanes) is 2. The second-order valence-electron chi connectivity index (χ2n) is 11.5. The lowest BCUT2D eigenvalue weighted by Gasteiger charge is -2.48. The van der Waals surface area contributed by atoms with Crippen LogP contribution in [0.4, 0.5) is 0 Å². The highest BCUT2D eigenvalue weighted by Crippen LogP contribution is 2.37. The Balaban J connectivity index is 2.65. The topological polar surface area (TPSA) is 228 Å². The zero-order valence-electron chi connectivity index (χ0n) is 29.1. The molecule has 1 saturated heterocycles. The van der Waals surface area contributed by atoms with Crippen LogP contribution in [0.15, 0.2) is 24.3 Å². The Morgan fingerprint density at radius 3 is 2.16 bits per heavy atom. The van der Waals surface area contributed by atoms with Crippen molar-refractivity contribution in [3.8, 4) is 0 Å². The number of carbonyl (C=O) groups is 7.